The van der Waals surface area contributed by atoms with E-state index < -0.39 is 23.2 Å². The van der Waals surface area contributed by atoms with Crippen LogP contribution < -0.4 is 14.8 Å². The molecule has 0 spiro atoms. The van der Waals surface area contributed by atoms with Gasteiger partial charge in [-0.1, -0.05) is 46.3 Å². The summed E-state index contributed by atoms with van der Waals surface area (Å²) in [6.45, 7) is 8.67. The standard InChI is InChI=1S/C36H43BrN2O7/c1-5-43-30-10-7-6-9-25(30)20-22-38-34(42)36(21-19-31(41)46-35(2,3)4)32(26-11-15-28(37)16-12-26)45-33(39-36)27-13-17-29(18-14-27)44-24-8-23-40/h6-7,9-18,32,40H,5,8,19-24H2,1-4H3,(H,38,42)/t32-,36-/m1/s1. The number of aliphatic imine (C=N–C) groups is 1. The van der Waals surface area contributed by atoms with E-state index in [9.17, 15) is 9.59 Å². The Morgan fingerprint density at radius 2 is 1.74 bits per heavy atom. The number of aliphatic hydroxyl groups is 1. The topological polar surface area (TPSA) is 116 Å². The molecule has 10 heteroatoms. The first-order valence-corrected chi connectivity index (χ1v) is 16.4. The van der Waals surface area contributed by atoms with Crippen molar-refractivity contribution in [2.24, 2.45) is 4.99 Å². The van der Waals surface area contributed by atoms with E-state index >= 15 is 0 Å². The highest BCUT2D eigenvalue weighted by molar-refractivity contribution is 9.10. The molecule has 1 amide bonds. The maximum absolute atomic E-state index is 14.4. The van der Waals surface area contributed by atoms with Gasteiger partial charge in [-0.15, -0.1) is 0 Å². The van der Waals surface area contributed by atoms with Gasteiger partial charge in [0.1, 0.15) is 17.1 Å². The lowest BCUT2D eigenvalue weighted by Crippen LogP contribution is -2.49. The maximum Gasteiger partial charge on any atom is 0.306 e. The molecule has 1 aliphatic heterocycles. The van der Waals surface area contributed by atoms with Crippen LogP contribution in [0.25, 0.3) is 0 Å². The highest BCUT2D eigenvalue weighted by Crippen LogP contribution is 2.43. The van der Waals surface area contributed by atoms with Gasteiger partial charge >= 0.3 is 5.97 Å². The number of para-hydroxylation sites is 1. The first kappa shape index (κ1) is 35.0. The molecule has 0 saturated heterocycles. The Morgan fingerprint density at radius 3 is 2.41 bits per heavy atom. The number of carbonyl (C=O) groups is 2. The number of ether oxygens (including phenoxy) is 4. The highest BCUT2D eigenvalue weighted by atomic mass is 79.9. The lowest BCUT2D eigenvalue weighted by Gasteiger charge is -2.31. The number of carbonyl (C=O) groups excluding carboxylic acids is 2. The Kier molecular flexibility index (Phi) is 12.2. The predicted molar refractivity (Wildman–Crippen MR) is 180 cm³/mol. The molecule has 4 rings (SSSR count). The summed E-state index contributed by atoms with van der Waals surface area (Å²) in [4.78, 5) is 32.3. The fourth-order valence-electron chi connectivity index (χ4n) is 5.16. The summed E-state index contributed by atoms with van der Waals surface area (Å²) >= 11 is 3.49. The third-order valence-electron chi connectivity index (χ3n) is 7.29. The van der Waals surface area contributed by atoms with Gasteiger partial charge in [0.05, 0.1) is 13.2 Å². The molecule has 0 unspecified atom stereocenters. The van der Waals surface area contributed by atoms with Crippen LogP contribution in [0.4, 0.5) is 0 Å². The van der Waals surface area contributed by atoms with E-state index in [4.69, 9.17) is 29.0 Å². The number of nitrogens with one attached hydrogen (secondary N) is 1. The lowest BCUT2D eigenvalue weighted by molar-refractivity contribution is -0.155. The number of nitrogens with zero attached hydrogens (tertiary/aromatic N) is 1. The Hall–Kier alpha value is -3.89. The number of rotatable bonds is 15. The number of amides is 1. The Morgan fingerprint density at radius 1 is 1.02 bits per heavy atom. The van der Waals surface area contributed by atoms with E-state index in [1.807, 2.05) is 88.4 Å². The van der Waals surface area contributed by atoms with Crippen LogP contribution in [-0.4, -0.2) is 60.4 Å². The Balaban J connectivity index is 1.68. The molecule has 0 radical (unpaired) electrons. The molecular weight excluding hydrogens is 652 g/mol. The summed E-state index contributed by atoms with van der Waals surface area (Å²) in [7, 11) is 0. The summed E-state index contributed by atoms with van der Waals surface area (Å²) in [6.07, 6.45) is 0.286. The van der Waals surface area contributed by atoms with E-state index in [-0.39, 0.29) is 31.3 Å². The van der Waals surface area contributed by atoms with Crippen molar-refractivity contribution in [3.63, 3.8) is 0 Å². The van der Waals surface area contributed by atoms with E-state index in [2.05, 4.69) is 21.2 Å². The van der Waals surface area contributed by atoms with Gasteiger partial charge in [0, 0.05) is 36.0 Å². The van der Waals surface area contributed by atoms with Crippen LogP contribution in [0.15, 0.2) is 82.3 Å². The minimum Gasteiger partial charge on any atom is -0.494 e. The number of halogens is 1. The lowest BCUT2D eigenvalue weighted by atomic mass is 9.83. The van der Waals surface area contributed by atoms with Crippen molar-refractivity contribution >= 4 is 33.7 Å². The number of hydrogen-bond acceptors (Lipinski definition) is 8. The molecule has 0 bridgehead atoms. The van der Waals surface area contributed by atoms with Crippen LogP contribution in [0.3, 0.4) is 0 Å². The fraction of sp³-hybridized carbons (Fsp3) is 0.417. The normalized spacial score (nSPS) is 17.5. The quantitative estimate of drug-likeness (QED) is 0.141. The van der Waals surface area contributed by atoms with Gasteiger partial charge in [0.2, 0.25) is 5.90 Å². The van der Waals surface area contributed by atoms with Crippen LogP contribution in [-0.2, 0) is 25.5 Å². The minimum absolute atomic E-state index is 0.0390. The first-order chi connectivity index (χ1) is 22.0. The molecular formula is C36H43BrN2O7. The van der Waals surface area contributed by atoms with Crippen molar-refractivity contribution < 1.29 is 33.6 Å². The summed E-state index contributed by atoms with van der Waals surface area (Å²) < 4.78 is 24.5. The molecule has 246 valence electrons. The zero-order chi connectivity index (χ0) is 33.2. The molecule has 9 nitrogen and oxygen atoms in total. The van der Waals surface area contributed by atoms with Crippen LogP contribution >= 0.6 is 15.9 Å². The minimum atomic E-state index is -1.46. The molecule has 2 atom stereocenters. The maximum atomic E-state index is 14.4. The van der Waals surface area contributed by atoms with Crippen LogP contribution in [0.5, 0.6) is 11.5 Å². The SMILES string of the molecule is CCOc1ccccc1CCNC(=O)[C@]1(CCC(=O)OC(C)(C)C)N=C(c2ccc(OCCCO)cc2)O[C@@H]1c1ccc(Br)cc1. The predicted octanol–water partition coefficient (Wildman–Crippen LogP) is 6.35. The van der Waals surface area contributed by atoms with Gasteiger partial charge in [-0.05, 0) is 94.1 Å². The number of hydrogen-bond donors (Lipinski definition) is 2. The highest BCUT2D eigenvalue weighted by Gasteiger charge is 2.53. The van der Waals surface area contributed by atoms with Gasteiger partial charge in [-0.25, -0.2) is 4.99 Å². The third kappa shape index (κ3) is 9.33. The number of benzene rings is 3. The van der Waals surface area contributed by atoms with Gasteiger partial charge in [-0.3, -0.25) is 9.59 Å². The Bertz CT molecular complexity index is 1490. The van der Waals surface area contributed by atoms with Crippen molar-refractivity contribution in [2.45, 2.75) is 70.6 Å². The average Bonchev–Trinajstić information content (AvgIpc) is 3.42. The molecule has 0 saturated carbocycles. The largest absolute Gasteiger partial charge is 0.494 e. The van der Waals surface area contributed by atoms with Crippen molar-refractivity contribution in [3.8, 4) is 11.5 Å². The van der Waals surface area contributed by atoms with E-state index in [1.54, 1.807) is 12.1 Å². The molecule has 3 aromatic rings. The summed E-state index contributed by atoms with van der Waals surface area (Å²) in [5, 5.41) is 12.1. The number of aliphatic hydroxyl groups excluding tert-OH is 1. The van der Waals surface area contributed by atoms with E-state index in [0.29, 0.717) is 43.9 Å². The van der Waals surface area contributed by atoms with Crippen molar-refractivity contribution in [2.75, 3.05) is 26.4 Å². The van der Waals surface area contributed by atoms with Crippen molar-refractivity contribution in [1.29, 1.82) is 0 Å². The van der Waals surface area contributed by atoms with Crippen molar-refractivity contribution in [1.82, 2.24) is 5.32 Å². The van der Waals surface area contributed by atoms with Crippen LogP contribution in [0, 0.1) is 0 Å². The molecule has 1 heterocycles. The molecule has 0 aliphatic carbocycles. The van der Waals surface area contributed by atoms with Crippen LogP contribution in [0.2, 0.25) is 0 Å². The monoisotopic (exact) mass is 694 g/mol. The number of esters is 1. The zero-order valence-electron chi connectivity index (χ0n) is 26.9. The van der Waals surface area contributed by atoms with E-state index in [0.717, 1.165) is 21.3 Å². The molecule has 2 N–H and O–H groups in total. The van der Waals surface area contributed by atoms with Gasteiger partial charge < -0.3 is 29.4 Å². The molecule has 1 aliphatic rings. The van der Waals surface area contributed by atoms with Gasteiger partial charge in [-0.2, -0.15) is 0 Å². The van der Waals surface area contributed by atoms with Crippen LogP contribution in [0.1, 0.15) is 69.8 Å². The molecule has 3 aromatic carbocycles. The molecule has 0 fully saturated rings. The molecule has 46 heavy (non-hydrogen) atoms. The Labute approximate surface area is 279 Å². The summed E-state index contributed by atoms with van der Waals surface area (Å²) in [5.74, 6) is 0.932. The third-order valence-corrected chi connectivity index (χ3v) is 7.81. The second kappa shape index (κ2) is 16.1. The first-order valence-electron chi connectivity index (χ1n) is 15.6. The van der Waals surface area contributed by atoms with Gasteiger partial charge in [0.15, 0.2) is 11.6 Å². The summed E-state index contributed by atoms with van der Waals surface area (Å²) in [6, 6.07) is 22.5. The summed E-state index contributed by atoms with van der Waals surface area (Å²) in [5.41, 5.74) is 0.245. The second-order valence-electron chi connectivity index (χ2n) is 12.0. The average molecular weight is 696 g/mol. The van der Waals surface area contributed by atoms with Gasteiger partial charge in [0.25, 0.3) is 5.91 Å². The molecule has 0 aromatic heterocycles. The van der Waals surface area contributed by atoms with E-state index in [1.165, 1.54) is 0 Å². The smallest absolute Gasteiger partial charge is 0.306 e. The van der Waals surface area contributed by atoms with Crippen molar-refractivity contribution in [3.05, 3.63) is 94.0 Å². The fourth-order valence-corrected chi connectivity index (χ4v) is 5.43. The zero-order valence-corrected chi connectivity index (χ0v) is 28.5. The second-order valence-corrected chi connectivity index (χ2v) is 12.9.